The molecule has 1 atom stereocenters. The van der Waals surface area contributed by atoms with E-state index in [2.05, 4.69) is 66.4 Å². The van der Waals surface area contributed by atoms with Gasteiger partial charge in [-0.25, -0.2) is 9.97 Å². The number of hydrogen-bond donors (Lipinski definition) is 1. The number of nitrogens with one attached hydrogen (secondary N) is 1. The van der Waals surface area contributed by atoms with E-state index in [1.807, 2.05) is 19.0 Å². The van der Waals surface area contributed by atoms with Crippen LogP contribution in [0.15, 0.2) is 57.3 Å². The Morgan fingerprint density at radius 1 is 1.17 bits per heavy atom. The number of anilines is 2. The molecule has 0 amide bonds. The summed E-state index contributed by atoms with van der Waals surface area (Å²) in [6.07, 6.45) is 3.64. The Morgan fingerprint density at radius 2 is 1.90 bits per heavy atom. The number of aromatic nitrogens is 2. The lowest BCUT2D eigenvalue weighted by Crippen LogP contribution is -2.30. The SMILES string of the molecule is Br.CC(CN=C1CC(C)(C)CC2=C1Sc1ncnc(N(C)C)c1N2)c1ccccc1. The minimum atomic E-state index is 0. The van der Waals surface area contributed by atoms with E-state index in [4.69, 9.17) is 4.99 Å². The molecular formula is C23H30BrN5S. The Bertz CT molecular complexity index is 969. The van der Waals surface area contributed by atoms with Crippen molar-refractivity contribution in [3.8, 4) is 0 Å². The van der Waals surface area contributed by atoms with Gasteiger partial charge < -0.3 is 10.2 Å². The molecule has 4 rings (SSSR count). The zero-order chi connectivity index (χ0) is 20.6. The summed E-state index contributed by atoms with van der Waals surface area (Å²) in [4.78, 5) is 17.4. The van der Waals surface area contributed by atoms with E-state index < -0.39 is 0 Å². The first kappa shape index (κ1) is 22.8. The fourth-order valence-electron chi connectivity index (χ4n) is 3.95. The minimum Gasteiger partial charge on any atom is -0.361 e. The molecule has 7 heteroatoms. The highest BCUT2D eigenvalue weighted by atomic mass is 79.9. The molecule has 0 saturated heterocycles. The van der Waals surface area contributed by atoms with Gasteiger partial charge in [0, 0.05) is 32.3 Å². The van der Waals surface area contributed by atoms with Gasteiger partial charge in [-0.05, 0) is 23.8 Å². The Morgan fingerprint density at radius 3 is 2.60 bits per heavy atom. The van der Waals surface area contributed by atoms with Crippen molar-refractivity contribution >= 4 is 46.0 Å². The molecule has 30 heavy (non-hydrogen) atoms. The van der Waals surface area contributed by atoms with E-state index in [1.165, 1.54) is 21.9 Å². The predicted octanol–water partition coefficient (Wildman–Crippen LogP) is 5.91. The van der Waals surface area contributed by atoms with Gasteiger partial charge in [-0.2, -0.15) is 0 Å². The highest BCUT2D eigenvalue weighted by Crippen LogP contribution is 2.49. The van der Waals surface area contributed by atoms with Gasteiger partial charge in [0.2, 0.25) is 0 Å². The van der Waals surface area contributed by atoms with E-state index >= 15 is 0 Å². The molecule has 1 N–H and O–H groups in total. The molecule has 1 unspecified atom stereocenters. The van der Waals surface area contributed by atoms with E-state index in [0.717, 1.165) is 35.9 Å². The second-order valence-electron chi connectivity index (χ2n) is 8.92. The summed E-state index contributed by atoms with van der Waals surface area (Å²) < 4.78 is 0. The van der Waals surface area contributed by atoms with Gasteiger partial charge in [-0.1, -0.05) is 62.9 Å². The van der Waals surface area contributed by atoms with Crippen LogP contribution in [0.3, 0.4) is 0 Å². The quantitative estimate of drug-likeness (QED) is 0.542. The smallest absolute Gasteiger partial charge is 0.156 e. The lowest BCUT2D eigenvalue weighted by atomic mass is 9.78. The van der Waals surface area contributed by atoms with Crippen LogP contribution in [0.1, 0.15) is 45.1 Å². The standard InChI is InChI=1S/C23H29N5S.BrH/c1-15(16-9-7-6-8-10-16)13-24-17-11-23(2,3)12-18-20(17)29-22-19(27-18)21(28(4)5)25-14-26-22;/h6-10,14-15,27H,11-13H2,1-5H3;1H. The maximum absolute atomic E-state index is 5.11. The van der Waals surface area contributed by atoms with Crippen molar-refractivity contribution in [1.29, 1.82) is 0 Å². The van der Waals surface area contributed by atoms with Crippen LogP contribution in [0.4, 0.5) is 11.5 Å². The summed E-state index contributed by atoms with van der Waals surface area (Å²) in [6.45, 7) is 7.69. The van der Waals surface area contributed by atoms with E-state index in [9.17, 15) is 0 Å². The van der Waals surface area contributed by atoms with Gasteiger partial charge in [0.05, 0.1) is 10.6 Å². The van der Waals surface area contributed by atoms with Gasteiger partial charge in [0.1, 0.15) is 17.0 Å². The molecule has 0 radical (unpaired) electrons. The molecule has 1 aliphatic heterocycles. The maximum atomic E-state index is 5.11. The number of benzene rings is 1. The number of hydrogen-bond acceptors (Lipinski definition) is 6. The maximum Gasteiger partial charge on any atom is 0.156 e. The fraction of sp³-hybridized carbons (Fsp3) is 0.435. The van der Waals surface area contributed by atoms with Crippen molar-refractivity contribution in [2.45, 2.75) is 44.6 Å². The van der Waals surface area contributed by atoms with Gasteiger partial charge in [0.15, 0.2) is 5.82 Å². The molecule has 2 aliphatic rings. The van der Waals surface area contributed by atoms with Crippen molar-refractivity contribution in [1.82, 2.24) is 9.97 Å². The van der Waals surface area contributed by atoms with Crippen LogP contribution in [0, 0.1) is 5.41 Å². The summed E-state index contributed by atoms with van der Waals surface area (Å²) in [6, 6.07) is 10.6. The molecule has 1 aromatic heterocycles. The lowest BCUT2D eigenvalue weighted by Gasteiger charge is -2.37. The fourth-order valence-corrected chi connectivity index (χ4v) is 4.98. The Balaban J connectivity index is 0.00000256. The molecule has 5 nitrogen and oxygen atoms in total. The van der Waals surface area contributed by atoms with Crippen molar-refractivity contribution in [2.75, 3.05) is 30.9 Å². The normalized spacial score (nSPS) is 19.3. The van der Waals surface area contributed by atoms with Crippen LogP contribution in [-0.2, 0) is 0 Å². The van der Waals surface area contributed by atoms with Crippen molar-refractivity contribution in [3.05, 3.63) is 52.8 Å². The van der Waals surface area contributed by atoms with Crippen molar-refractivity contribution in [3.63, 3.8) is 0 Å². The van der Waals surface area contributed by atoms with Crippen LogP contribution in [0.25, 0.3) is 0 Å². The van der Waals surface area contributed by atoms with E-state index in [1.54, 1.807) is 18.1 Å². The first-order valence-electron chi connectivity index (χ1n) is 10.1. The summed E-state index contributed by atoms with van der Waals surface area (Å²) in [7, 11) is 4.03. The number of fused-ring (bicyclic) bond motifs is 1. The first-order valence-corrected chi connectivity index (χ1v) is 10.9. The van der Waals surface area contributed by atoms with Crippen LogP contribution in [-0.4, -0.2) is 36.3 Å². The van der Waals surface area contributed by atoms with Gasteiger partial charge in [-0.15, -0.1) is 17.0 Å². The third-order valence-electron chi connectivity index (χ3n) is 5.45. The third-order valence-corrected chi connectivity index (χ3v) is 6.64. The Kier molecular flexibility index (Phi) is 6.92. The Labute approximate surface area is 194 Å². The number of nitrogens with zero attached hydrogens (tertiary/aromatic N) is 4. The number of rotatable bonds is 4. The van der Waals surface area contributed by atoms with Gasteiger partial charge >= 0.3 is 0 Å². The van der Waals surface area contributed by atoms with Crippen LogP contribution in [0.2, 0.25) is 0 Å². The van der Waals surface area contributed by atoms with Crippen molar-refractivity contribution < 1.29 is 0 Å². The number of thioether (sulfide) groups is 1. The largest absolute Gasteiger partial charge is 0.361 e. The van der Waals surface area contributed by atoms with Crippen molar-refractivity contribution in [2.24, 2.45) is 10.4 Å². The molecule has 160 valence electrons. The van der Waals surface area contributed by atoms with E-state index in [-0.39, 0.29) is 22.4 Å². The monoisotopic (exact) mass is 487 g/mol. The summed E-state index contributed by atoms with van der Waals surface area (Å²) >= 11 is 1.74. The third kappa shape index (κ3) is 4.72. The van der Waals surface area contributed by atoms with Gasteiger partial charge in [-0.3, -0.25) is 4.99 Å². The first-order chi connectivity index (χ1) is 13.8. The molecule has 0 saturated carbocycles. The van der Waals surface area contributed by atoms with Gasteiger partial charge in [0.25, 0.3) is 0 Å². The summed E-state index contributed by atoms with van der Waals surface area (Å²) in [5, 5.41) is 4.64. The average Bonchev–Trinajstić information content (AvgIpc) is 2.69. The molecule has 1 aromatic carbocycles. The zero-order valence-electron chi connectivity index (χ0n) is 18.3. The highest BCUT2D eigenvalue weighted by Gasteiger charge is 2.36. The number of allylic oxidation sites excluding steroid dienone is 2. The highest BCUT2D eigenvalue weighted by molar-refractivity contribution is 8.93. The zero-order valence-corrected chi connectivity index (χ0v) is 20.8. The molecule has 2 aromatic rings. The summed E-state index contributed by atoms with van der Waals surface area (Å²) in [5.74, 6) is 1.32. The number of halogens is 1. The van der Waals surface area contributed by atoms with E-state index in [0.29, 0.717) is 5.92 Å². The second-order valence-corrected chi connectivity index (χ2v) is 9.92. The molecule has 1 aliphatic carbocycles. The second kappa shape index (κ2) is 9.10. The van der Waals surface area contributed by atoms with Crippen LogP contribution < -0.4 is 10.2 Å². The molecule has 0 bridgehead atoms. The van der Waals surface area contributed by atoms with Crippen LogP contribution in [0.5, 0.6) is 0 Å². The Hall–Kier alpha value is -1.86. The topological polar surface area (TPSA) is 53.4 Å². The lowest BCUT2D eigenvalue weighted by molar-refractivity contribution is 0.373. The molecule has 2 heterocycles. The predicted molar refractivity (Wildman–Crippen MR) is 133 cm³/mol. The van der Waals surface area contributed by atoms with Crippen LogP contribution >= 0.6 is 28.7 Å². The molecule has 0 spiro atoms. The molecular weight excluding hydrogens is 458 g/mol. The number of aliphatic imine (C=N–C) groups is 1. The minimum absolute atomic E-state index is 0. The summed E-state index contributed by atoms with van der Waals surface area (Å²) in [5.41, 5.74) is 4.97. The molecule has 0 fully saturated rings. The average molecular weight is 488 g/mol.